The van der Waals surface area contributed by atoms with E-state index in [-0.39, 0.29) is 37.5 Å². The van der Waals surface area contributed by atoms with Gasteiger partial charge in [0.25, 0.3) is 0 Å². The molecule has 1 atom stereocenters. The van der Waals surface area contributed by atoms with Crippen molar-refractivity contribution in [3.63, 3.8) is 0 Å². The Morgan fingerprint density at radius 2 is 1.00 bits per heavy atom. The minimum absolute atomic E-state index is 0. The molecular weight excluding hydrogens is 1080 g/mol. The van der Waals surface area contributed by atoms with Gasteiger partial charge in [-0.3, -0.25) is 4.79 Å². The number of hydrogen-bond donors (Lipinski definition) is 0. The molecule has 2 nitrogen and oxygen atoms in total. The summed E-state index contributed by atoms with van der Waals surface area (Å²) in [7, 11) is 9.17. The summed E-state index contributed by atoms with van der Waals surface area (Å²) >= 11 is 3.50. The van der Waals surface area contributed by atoms with Gasteiger partial charge < -0.3 is 4.74 Å². The topological polar surface area (TPSA) is 26.3 Å². The number of carbonyl (C=O) groups excluding carboxylic acids is 1. The van der Waals surface area contributed by atoms with E-state index in [0.29, 0.717) is 5.92 Å². The third-order valence-electron chi connectivity index (χ3n) is 7.53. The first kappa shape index (κ1) is 40.9. The van der Waals surface area contributed by atoms with Gasteiger partial charge in [0.15, 0.2) is 0 Å². The molecule has 1 unspecified atom stereocenters. The first-order valence-corrected chi connectivity index (χ1v) is 20.1. The standard InChI is InChI=1S/C22H21O2.C18H15.2Au.2ClH.Ru/c1-16(24-17(2)23)20-14-9-15-21(20)22(18-10-5-3-6-11-18)19-12-7-4-8-13-19;1-3-9-15(10-4-1)18(17-13-7-8-14-17)16-11-5-2-6-12-16;;;;;/h3-16,22H,1-2H3;1-14,18H;;;2*1H;/q2*-1;2*+1;;;+2/p-2. The fourth-order valence-electron chi connectivity index (χ4n) is 5.69. The van der Waals surface area contributed by atoms with Crippen molar-refractivity contribution in [1.29, 1.82) is 0 Å². The largest absolute Gasteiger partial charge is 2.00 e. The SMILES string of the molecule is CC(=O)OC(C)c1cc[cH-]c1C(c1ccccc1)c1ccccc1.[Cl][Au].[Cl][Au].[Ru+2].c1ccc(C(c2ccccc2)c2cc[cH-]c2)cc1. The summed E-state index contributed by atoms with van der Waals surface area (Å²) in [4.78, 5) is 11.3. The predicted octanol–water partition coefficient (Wildman–Crippen LogP) is 11.2. The van der Waals surface area contributed by atoms with Crippen molar-refractivity contribution in [2.45, 2.75) is 31.8 Å². The number of hydrogen-bond acceptors (Lipinski definition) is 2. The van der Waals surface area contributed by atoms with Gasteiger partial charge >= 0.3 is 83.8 Å². The minimum atomic E-state index is -0.262. The zero-order chi connectivity index (χ0) is 33.1. The number of esters is 1. The van der Waals surface area contributed by atoms with Crippen LogP contribution in [0, 0.1) is 0 Å². The Morgan fingerprint density at radius 1 is 0.596 bits per heavy atom. The molecule has 0 amide bonds. The second-order valence-corrected chi connectivity index (χ2v) is 10.4. The molecule has 0 radical (unpaired) electrons. The summed E-state index contributed by atoms with van der Waals surface area (Å²) in [5.74, 6) is 0.198. The fourth-order valence-corrected chi connectivity index (χ4v) is 5.69. The summed E-state index contributed by atoms with van der Waals surface area (Å²) in [6, 6.07) is 57.0. The van der Waals surface area contributed by atoms with Crippen LogP contribution in [0.5, 0.6) is 0 Å². The molecule has 0 aliphatic rings. The van der Waals surface area contributed by atoms with Crippen molar-refractivity contribution in [1.82, 2.24) is 0 Å². The number of halogens is 2. The zero-order valence-corrected chi connectivity index (χ0v) is 33.4. The van der Waals surface area contributed by atoms with Gasteiger partial charge in [-0.25, -0.2) is 12.1 Å². The molecule has 6 aromatic carbocycles. The molecule has 0 saturated carbocycles. The van der Waals surface area contributed by atoms with E-state index in [1.165, 1.54) is 40.3 Å². The smallest absolute Gasteiger partial charge is 0.210 e. The van der Waals surface area contributed by atoms with Gasteiger partial charge in [0, 0.05) is 12.8 Å². The van der Waals surface area contributed by atoms with Gasteiger partial charge in [-0.1, -0.05) is 121 Å². The number of ether oxygens (including phenoxy) is 1. The molecular formula is C40H36Au2Cl2O2Ru. The molecule has 6 rings (SSSR count). The van der Waals surface area contributed by atoms with Crippen molar-refractivity contribution < 1.29 is 69.0 Å². The molecule has 7 heteroatoms. The maximum absolute atomic E-state index is 11.3. The third-order valence-corrected chi connectivity index (χ3v) is 7.53. The van der Waals surface area contributed by atoms with E-state index in [4.69, 9.17) is 4.74 Å². The Balaban J connectivity index is 0.000000298. The van der Waals surface area contributed by atoms with Crippen LogP contribution in [0.4, 0.5) is 0 Å². The van der Waals surface area contributed by atoms with Crippen molar-refractivity contribution >= 4 is 24.3 Å². The monoisotopic (exact) mass is 1110 g/mol. The zero-order valence-electron chi connectivity index (χ0n) is 25.8. The van der Waals surface area contributed by atoms with Crippen LogP contribution in [0.2, 0.25) is 0 Å². The number of carbonyl (C=O) groups is 1. The minimum Gasteiger partial charge on any atom is -0.210 e. The van der Waals surface area contributed by atoms with E-state index in [1.807, 2.05) is 31.2 Å². The Hall–Kier alpha value is -2.27. The van der Waals surface area contributed by atoms with E-state index in [1.54, 1.807) is 40.0 Å². The van der Waals surface area contributed by atoms with Crippen LogP contribution in [-0.2, 0) is 69.0 Å². The van der Waals surface area contributed by atoms with Gasteiger partial charge in [-0.05, 0) is 35.1 Å². The van der Waals surface area contributed by atoms with Gasteiger partial charge in [-0.2, -0.15) is 47.0 Å². The van der Waals surface area contributed by atoms with E-state index in [2.05, 4.69) is 158 Å². The van der Waals surface area contributed by atoms with Crippen molar-refractivity contribution in [3.8, 4) is 0 Å². The normalized spacial score (nSPS) is 10.6. The summed E-state index contributed by atoms with van der Waals surface area (Å²) in [6.45, 7) is 3.37. The Kier molecular flexibility index (Phi) is 20.2. The van der Waals surface area contributed by atoms with Crippen LogP contribution in [0.15, 0.2) is 164 Å². The third kappa shape index (κ3) is 12.3. The quantitative estimate of drug-likeness (QED) is 0.0863. The maximum Gasteiger partial charge on any atom is 2.00 e. The van der Waals surface area contributed by atoms with E-state index >= 15 is 0 Å². The molecule has 0 spiro atoms. The second-order valence-electron chi connectivity index (χ2n) is 10.4. The van der Waals surface area contributed by atoms with Crippen LogP contribution in [0.25, 0.3) is 0 Å². The van der Waals surface area contributed by atoms with Crippen LogP contribution < -0.4 is 0 Å². The fraction of sp³-hybridized carbons (Fsp3) is 0.125. The molecule has 0 fully saturated rings. The maximum atomic E-state index is 11.3. The van der Waals surface area contributed by atoms with Crippen LogP contribution >= 0.6 is 18.4 Å². The Morgan fingerprint density at radius 3 is 1.36 bits per heavy atom. The van der Waals surface area contributed by atoms with Gasteiger partial charge in [0.05, 0.1) is 6.10 Å². The summed E-state index contributed by atoms with van der Waals surface area (Å²) in [5, 5.41) is 0. The molecule has 6 aromatic rings. The Bertz CT molecular complexity index is 1570. The number of rotatable bonds is 8. The van der Waals surface area contributed by atoms with Crippen LogP contribution in [-0.4, -0.2) is 5.97 Å². The molecule has 0 bridgehead atoms. The van der Waals surface area contributed by atoms with E-state index in [9.17, 15) is 4.79 Å². The average Bonchev–Trinajstić information content (AvgIpc) is 3.83. The van der Waals surface area contributed by atoms with Crippen molar-refractivity contribution in [3.05, 3.63) is 203 Å². The van der Waals surface area contributed by atoms with E-state index < -0.39 is 0 Å². The van der Waals surface area contributed by atoms with Crippen LogP contribution in [0.1, 0.15) is 70.7 Å². The molecule has 0 aromatic heterocycles. The first-order valence-electron chi connectivity index (χ1n) is 14.7. The number of benzene rings is 4. The second kappa shape index (κ2) is 23.2. The molecule has 252 valence electrons. The van der Waals surface area contributed by atoms with Crippen molar-refractivity contribution in [2.75, 3.05) is 0 Å². The molecule has 0 aliphatic heterocycles. The predicted molar refractivity (Wildman–Crippen MR) is 184 cm³/mol. The van der Waals surface area contributed by atoms with Gasteiger partial charge in [0.2, 0.25) is 0 Å². The summed E-state index contributed by atoms with van der Waals surface area (Å²) < 4.78 is 5.42. The first-order chi connectivity index (χ1) is 22.6. The van der Waals surface area contributed by atoms with Crippen LogP contribution in [0.3, 0.4) is 0 Å². The van der Waals surface area contributed by atoms with E-state index in [0.717, 1.165) is 5.56 Å². The average molecular weight is 1110 g/mol. The molecule has 0 N–H and O–H groups in total. The van der Waals surface area contributed by atoms with Gasteiger partial charge in [-0.15, -0.1) is 0 Å². The Labute approximate surface area is 324 Å². The summed E-state index contributed by atoms with van der Waals surface area (Å²) in [6.07, 6.45) is -0.262. The molecule has 0 aliphatic carbocycles. The molecule has 47 heavy (non-hydrogen) atoms. The van der Waals surface area contributed by atoms with Crippen molar-refractivity contribution in [2.24, 2.45) is 0 Å². The summed E-state index contributed by atoms with van der Waals surface area (Å²) in [5.41, 5.74) is 8.73. The molecule has 0 heterocycles. The van der Waals surface area contributed by atoms with Gasteiger partial charge in [0.1, 0.15) is 0 Å². The molecule has 0 saturated heterocycles.